The van der Waals surface area contributed by atoms with Crippen LogP contribution in [0.4, 0.5) is 4.39 Å². The first-order valence-corrected chi connectivity index (χ1v) is 5.38. The molecule has 1 N–H and O–H groups in total. The van der Waals surface area contributed by atoms with Gasteiger partial charge in [0.1, 0.15) is 11.9 Å². The average molecular weight is 244 g/mol. The standard InChI is InChI=1S/C11H11ClFNO2/c12-8-5-7(1-2-9(8)13)11(15)10-6-14-3-4-16-10/h1-2,5,10,14H,3-4,6H2. The van der Waals surface area contributed by atoms with Gasteiger partial charge in [0, 0.05) is 18.7 Å². The Bertz CT molecular complexity index is 405. The summed E-state index contributed by atoms with van der Waals surface area (Å²) in [5.41, 5.74) is 0.375. The van der Waals surface area contributed by atoms with Crippen molar-refractivity contribution in [2.45, 2.75) is 6.10 Å². The third-order valence-electron chi connectivity index (χ3n) is 2.42. The number of hydrogen-bond acceptors (Lipinski definition) is 3. The lowest BCUT2D eigenvalue weighted by Gasteiger charge is -2.22. The monoisotopic (exact) mass is 243 g/mol. The van der Waals surface area contributed by atoms with E-state index in [4.69, 9.17) is 16.3 Å². The van der Waals surface area contributed by atoms with Gasteiger partial charge in [-0.2, -0.15) is 0 Å². The van der Waals surface area contributed by atoms with Crippen LogP contribution in [-0.4, -0.2) is 31.6 Å². The second-order valence-corrected chi connectivity index (χ2v) is 3.96. The molecule has 16 heavy (non-hydrogen) atoms. The fraction of sp³-hybridized carbons (Fsp3) is 0.364. The van der Waals surface area contributed by atoms with Crippen molar-refractivity contribution >= 4 is 17.4 Å². The number of ether oxygens (including phenoxy) is 1. The zero-order valence-electron chi connectivity index (χ0n) is 8.50. The number of carbonyl (C=O) groups is 1. The van der Waals surface area contributed by atoms with Gasteiger partial charge in [0.15, 0.2) is 5.78 Å². The minimum Gasteiger partial charge on any atom is -0.367 e. The number of hydrogen-bond donors (Lipinski definition) is 1. The molecular weight excluding hydrogens is 233 g/mol. The van der Waals surface area contributed by atoms with Gasteiger partial charge in [0.05, 0.1) is 11.6 Å². The Balaban J connectivity index is 2.16. The van der Waals surface area contributed by atoms with Gasteiger partial charge in [-0.3, -0.25) is 4.79 Å². The van der Waals surface area contributed by atoms with Crippen molar-refractivity contribution in [2.24, 2.45) is 0 Å². The lowest BCUT2D eigenvalue weighted by Crippen LogP contribution is -2.43. The van der Waals surface area contributed by atoms with Crippen molar-refractivity contribution in [3.63, 3.8) is 0 Å². The smallest absolute Gasteiger partial charge is 0.192 e. The maximum atomic E-state index is 12.9. The molecule has 1 fully saturated rings. The van der Waals surface area contributed by atoms with Gasteiger partial charge in [0.25, 0.3) is 0 Å². The summed E-state index contributed by atoms with van der Waals surface area (Å²) in [6, 6.07) is 3.94. The summed E-state index contributed by atoms with van der Waals surface area (Å²) in [5.74, 6) is -0.699. The molecule has 1 heterocycles. The number of carbonyl (C=O) groups excluding carboxylic acids is 1. The van der Waals surface area contributed by atoms with Crippen LogP contribution in [0.15, 0.2) is 18.2 Å². The molecule has 0 saturated carbocycles. The number of benzene rings is 1. The van der Waals surface area contributed by atoms with E-state index in [2.05, 4.69) is 5.32 Å². The lowest BCUT2D eigenvalue weighted by molar-refractivity contribution is 0.0269. The van der Waals surface area contributed by atoms with Crippen LogP contribution in [0.5, 0.6) is 0 Å². The highest BCUT2D eigenvalue weighted by Gasteiger charge is 2.23. The quantitative estimate of drug-likeness (QED) is 0.803. The normalized spacial score (nSPS) is 20.8. The van der Waals surface area contributed by atoms with E-state index in [1.807, 2.05) is 0 Å². The molecule has 3 nitrogen and oxygen atoms in total. The first-order chi connectivity index (χ1) is 7.68. The van der Waals surface area contributed by atoms with Crippen LogP contribution >= 0.6 is 11.6 Å². The van der Waals surface area contributed by atoms with Crippen LogP contribution in [0.2, 0.25) is 5.02 Å². The van der Waals surface area contributed by atoms with E-state index in [1.165, 1.54) is 18.2 Å². The summed E-state index contributed by atoms with van der Waals surface area (Å²) < 4.78 is 18.2. The topological polar surface area (TPSA) is 38.3 Å². The Morgan fingerprint density at radius 1 is 1.56 bits per heavy atom. The van der Waals surface area contributed by atoms with Crippen molar-refractivity contribution in [3.8, 4) is 0 Å². The highest BCUT2D eigenvalue weighted by molar-refractivity contribution is 6.31. The van der Waals surface area contributed by atoms with E-state index >= 15 is 0 Å². The Morgan fingerprint density at radius 3 is 3.00 bits per heavy atom. The summed E-state index contributed by atoms with van der Waals surface area (Å²) in [7, 11) is 0. The van der Waals surface area contributed by atoms with Crippen molar-refractivity contribution < 1.29 is 13.9 Å². The summed E-state index contributed by atoms with van der Waals surface area (Å²) in [6.45, 7) is 1.73. The molecule has 1 unspecified atom stereocenters. The molecule has 0 radical (unpaired) electrons. The van der Waals surface area contributed by atoms with Crippen molar-refractivity contribution in [2.75, 3.05) is 19.7 Å². The third kappa shape index (κ3) is 2.40. The SMILES string of the molecule is O=C(c1ccc(F)c(Cl)c1)C1CNCCO1. The molecule has 0 aliphatic carbocycles. The third-order valence-corrected chi connectivity index (χ3v) is 2.71. The van der Waals surface area contributed by atoms with Gasteiger partial charge in [0.2, 0.25) is 0 Å². The Hall–Kier alpha value is -0.970. The maximum Gasteiger partial charge on any atom is 0.192 e. The van der Waals surface area contributed by atoms with Crippen molar-refractivity contribution in [3.05, 3.63) is 34.6 Å². The predicted octanol–water partition coefficient (Wildman–Crippen LogP) is 1.65. The van der Waals surface area contributed by atoms with Gasteiger partial charge in [-0.25, -0.2) is 4.39 Å². The molecule has 0 aromatic heterocycles. The molecule has 1 aromatic carbocycles. The zero-order valence-corrected chi connectivity index (χ0v) is 9.26. The molecular formula is C11H11ClFNO2. The van der Waals surface area contributed by atoms with E-state index in [0.29, 0.717) is 18.7 Å². The van der Waals surface area contributed by atoms with Gasteiger partial charge in [-0.05, 0) is 18.2 Å². The second-order valence-electron chi connectivity index (χ2n) is 3.56. The van der Waals surface area contributed by atoms with Crippen LogP contribution in [-0.2, 0) is 4.74 Å². The maximum absolute atomic E-state index is 12.9. The average Bonchev–Trinajstić information content (AvgIpc) is 2.33. The van der Waals surface area contributed by atoms with E-state index in [1.54, 1.807) is 0 Å². The van der Waals surface area contributed by atoms with Crippen molar-refractivity contribution in [1.82, 2.24) is 5.32 Å². The molecule has 2 rings (SSSR count). The second kappa shape index (κ2) is 4.91. The predicted molar refractivity (Wildman–Crippen MR) is 58.4 cm³/mol. The number of nitrogens with one attached hydrogen (secondary N) is 1. The molecule has 1 aromatic rings. The number of Topliss-reactive ketones (excluding diaryl/α,β-unsaturated/α-hetero) is 1. The Morgan fingerprint density at radius 2 is 2.38 bits per heavy atom. The number of morpholine rings is 1. The van der Waals surface area contributed by atoms with Crippen LogP contribution < -0.4 is 5.32 Å². The van der Waals surface area contributed by atoms with Gasteiger partial charge in [-0.15, -0.1) is 0 Å². The Kier molecular flexibility index (Phi) is 3.53. The van der Waals surface area contributed by atoms with E-state index in [9.17, 15) is 9.18 Å². The first kappa shape index (κ1) is 11.5. The van der Waals surface area contributed by atoms with Crippen molar-refractivity contribution in [1.29, 1.82) is 0 Å². The van der Waals surface area contributed by atoms with Crippen LogP contribution in [0, 0.1) is 5.82 Å². The van der Waals surface area contributed by atoms with Gasteiger partial charge in [-0.1, -0.05) is 11.6 Å². The van der Waals surface area contributed by atoms with Crippen LogP contribution in [0.3, 0.4) is 0 Å². The summed E-state index contributed by atoms with van der Waals surface area (Å²) in [4.78, 5) is 11.9. The molecule has 86 valence electrons. The molecule has 0 amide bonds. The summed E-state index contributed by atoms with van der Waals surface area (Å²) >= 11 is 5.61. The highest BCUT2D eigenvalue weighted by Crippen LogP contribution is 2.18. The van der Waals surface area contributed by atoms with E-state index in [0.717, 1.165) is 6.54 Å². The minimum atomic E-state index is -0.527. The van der Waals surface area contributed by atoms with E-state index in [-0.39, 0.29) is 10.8 Å². The minimum absolute atomic E-state index is 0.0466. The lowest BCUT2D eigenvalue weighted by atomic mass is 10.1. The van der Waals surface area contributed by atoms with Gasteiger partial charge >= 0.3 is 0 Å². The van der Waals surface area contributed by atoms with E-state index < -0.39 is 11.9 Å². The molecule has 1 aliphatic rings. The zero-order chi connectivity index (χ0) is 11.5. The fourth-order valence-electron chi connectivity index (χ4n) is 1.57. The van der Waals surface area contributed by atoms with Crippen LogP contribution in [0.1, 0.15) is 10.4 Å². The highest BCUT2D eigenvalue weighted by atomic mass is 35.5. The van der Waals surface area contributed by atoms with Crippen LogP contribution in [0.25, 0.3) is 0 Å². The number of halogens is 2. The number of rotatable bonds is 2. The molecule has 1 saturated heterocycles. The molecule has 0 spiro atoms. The Labute approximate surface area is 97.5 Å². The fourth-order valence-corrected chi connectivity index (χ4v) is 1.75. The molecule has 5 heteroatoms. The molecule has 0 bridgehead atoms. The first-order valence-electron chi connectivity index (χ1n) is 5.00. The summed E-state index contributed by atoms with van der Waals surface area (Å²) in [6.07, 6.45) is -0.504. The number of ketones is 1. The summed E-state index contributed by atoms with van der Waals surface area (Å²) in [5, 5.41) is 3.01. The molecule has 1 atom stereocenters. The largest absolute Gasteiger partial charge is 0.367 e. The molecule has 1 aliphatic heterocycles. The van der Waals surface area contributed by atoms with Gasteiger partial charge < -0.3 is 10.1 Å².